The molecule has 1 saturated carbocycles. The van der Waals surface area contributed by atoms with Crippen LogP contribution < -0.4 is 0 Å². The lowest BCUT2D eigenvalue weighted by Gasteiger charge is -2.06. The molecule has 2 aromatic rings. The molecule has 0 atom stereocenters. The van der Waals surface area contributed by atoms with Crippen LogP contribution in [0.1, 0.15) is 35.7 Å². The van der Waals surface area contributed by atoms with Crippen molar-refractivity contribution in [2.45, 2.75) is 25.3 Å². The summed E-state index contributed by atoms with van der Waals surface area (Å²) in [6, 6.07) is 7.58. The van der Waals surface area contributed by atoms with Gasteiger partial charge in [0.2, 0.25) is 0 Å². The molecule has 96 valence electrons. The lowest BCUT2D eigenvalue weighted by atomic mass is 10.2. The van der Waals surface area contributed by atoms with Gasteiger partial charge < -0.3 is 0 Å². The fraction of sp³-hybridized carbons (Fsp3) is 0.308. The second-order valence-corrected chi connectivity index (χ2v) is 5.43. The first kappa shape index (κ1) is 12.5. The van der Waals surface area contributed by atoms with Gasteiger partial charge in [0.05, 0.1) is 22.3 Å². The molecular formula is C13H10Cl2N4. The predicted octanol–water partition coefficient (Wildman–Crippen LogP) is 3.38. The van der Waals surface area contributed by atoms with Crippen molar-refractivity contribution >= 4 is 23.2 Å². The van der Waals surface area contributed by atoms with Crippen molar-refractivity contribution < 1.29 is 0 Å². The largest absolute Gasteiger partial charge is 0.243 e. The van der Waals surface area contributed by atoms with E-state index in [4.69, 9.17) is 28.5 Å². The number of nitriles is 1. The van der Waals surface area contributed by atoms with Crippen molar-refractivity contribution in [3.05, 3.63) is 45.2 Å². The van der Waals surface area contributed by atoms with Gasteiger partial charge in [-0.3, -0.25) is 0 Å². The highest BCUT2D eigenvalue weighted by molar-refractivity contribution is 6.42. The molecule has 0 bridgehead atoms. The van der Waals surface area contributed by atoms with Crippen LogP contribution >= 0.6 is 23.2 Å². The normalized spacial score (nSPS) is 14.4. The molecule has 0 aliphatic heterocycles. The molecule has 3 rings (SSSR count). The van der Waals surface area contributed by atoms with Crippen LogP contribution in [0.25, 0.3) is 0 Å². The summed E-state index contributed by atoms with van der Waals surface area (Å²) < 4.78 is 1.79. The number of hydrogen-bond donors (Lipinski definition) is 0. The van der Waals surface area contributed by atoms with Crippen LogP contribution in [0, 0.1) is 11.3 Å². The van der Waals surface area contributed by atoms with Crippen LogP contribution in [0.15, 0.2) is 18.2 Å². The zero-order valence-corrected chi connectivity index (χ0v) is 11.5. The molecule has 0 radical (unpaired) electrons. The minimum atomic E-state index is 0.424. The van der Waals surface area contributed by atoms with Crippen LogP contribution in [0.2, 0.25) is 10.0 Å². The van der Waals surface area contributed by atoms with Gasteiger partial charge in [-0.25, -0.2) is 4.68 Å². The van der Waals surface area contributed by atoms with Gasteiger partial charge in [0.1, 0.15) is 6.07 Å². The maximum absolute atomic E-state index is 9.05. The minimum Gasteiger partial charge on any atom is -0.243 e. The molecule has 0 amide bonds. The Hall–Kier alpha value is -1.57. The van der Waals surface area contributed by atoms with E-state index in [9.17, 15) is 0 Å². The topological polar surface area (TPSA) is 54.5 Å². The van der Waals surface area contributed by atoms with E-state index in [1.807, 2.05) is 12.1 Å². The third-order valence-electron chi connectivity index (χ3n) is 3.16. The Labute approximate surface area is 120 Å². The van der Waals surface area contributed by atoms with E-state index in [1.165, 1.54) is 0 Å². The van der Waals surface area contributed by atoms with E-state index in [2.05, 4.69) is 16.4 Å². The Morgan fingerprint density at radius 2 is 2.11 bits per heavy atom. The first-order chi connectivity index (χ1) is 9.19. The molecule has 1 aromatic heterocycles. The van der Waals surface area contributed by atoms with E-state index in [-0.39, 0.29) is 0 Å². The van der Waals surface area contributed by atoms with Crippen molar-refractivity contribution in [3.63, 3.8) is 0 Å². The zero-order chi connectivity index (χ0) is 13.4. The number of aromatic nitrogens is 3. The Morgan fingerprint density at radius 1 is 1.32 bits per heavy atom. The average molecular weight is 293 g/mol. The van der Waals surface area contributed by atoms with Crippen LogP contribution in [0.5, 0.6) is 0 Å². The van der Waals surface area contributed by atoms with Crippen LogP contribution in [0.3, 0.4) is 0 Å². The summed E-state index contributed by atoms with van der Waals surface area (Å²) in [5, 5.41) is 18.1. The smallest absolute Gasteiger partial charge is 0.186 e. The van der Waals surface area contributed by atoms with Gasteiger partial charge >= 0.3 is 0 Å². The standard InChI is InChI=1S/C13H10Cl2N4/c14-10-4-1-8(5-11(10)15)7-19-13(9-2-3-9)12(6-16)17-18-19/h1,4-5,9H,2-3,7H2. The van der Waals surface area contributed by atoms with Crippen molar-refractivity contribution in [2.24, 2.45) is 0 Å². The summed E-state index contributed by atoms with van der Waals surface area (Å²) in [5.41, 5.74) is 2.36. The molecule has 1 aliphatic rings. The van der Waals surface area contributed by atoms with E-state index in [1.54, 1.807) is 10.7 Å². The molecule has 0 unspecified atom stereocenters. The molecule has 6 heteroatoms. The highest BCUT2D eigenvalue weighted by Gasteiger charge is 2.31. The average Bonchev–Trinajstić information content (AvgIpc) is 3.16. The van der Waals surface area contributed by atoms with Crippen molar-refractivity contribution in [2.75, 3.05) is 0 Å². The zero-order valence-electron chi connectivity index (χ0n) is 9.98. The number of nitrogens with zero attached hydrogens (tertiary/aromatic N) is 4. The molecule has 4 nitrogen and oxygen atoms in total. The highest BCUT2D eigenvalue weighted by atomic mass is 35.5. The van der Waals surface area contributed by atoms with E-state index >= 15 is 0 Å². The molecule has 19 heavy (non-hydrogen) atoms. The van der Waals surface area contributed by atoms with Crippen molar-refractivity contribution in [1.29, 1.82) is 5.26 Å². The minimum absolute atomic E-state index is 0.424. The number of hydrogen-bond acceptors (Lipinski definition) is 3. The van der Waals surface area contributed by atoms with Crippen LogP contribution in [-0.4, -0.2) is 15.0 Å². The van der Waals surface area contributed by atoms with Crippen molar-refractivity contribution in [3.8, 4) is 6.07 Å². The van der Waals surface area contributed by atoms with Gasteiger partial charge in [0.25, 0.3) is 0 Å². The summed E-state index contributed by atoms with van der Waals surface area (Å²) in [5.74, 6) is 0.424. The maximum atomic E-state index is 9.05. The van der Waals surface area contributed by atoms with Crippen molar-refractivity contribution in [1.82, 2.24) is 15.0 Å². The maximum Gasteiger partial charge on any atom is 0.186 e. The highest BCUT2D eigenvalue weighted by Crippen LogP contribution is 2.41. The second kappa shape index (κ2) is 4.84. The molecule has 1 aromatic carbocycles. The third-order valence-corrected chi connectivity index (χ3v) is 3.90. The molecular weight excluding hydrogens is 283 g/mol. The van der Waals surface area contributed by atoms with Gasteiger partial charge in [-0.15, -0.1) is 5.10 Å². The van der Waals surface area contributed by atoms with Gasteiger partial charge in [0.15, 0.2) is 5.69 Å². The molecule has 0 spiro atoms. The Bertz CT molecular complexity index is 668. The molecule has 1 heterocycles. The predicted molar refractivity (Wildman–Crippen MR) is 72.3 cm³/mol. The fourth-order valence-electron chi connectivity index (χ4n) is 2.09. The van der Waals surface area contributed by atoms with E-state index in [0.717, 1.165) is 24.1 Å². The number of halogens is 2. The summed E-state index contributed by atoms with van der Waals surface area (Å²) in [6.45, 7) is 0.553. The second-order valence-electron chi connectivity index (χ2n) is 4.62. The van der Waals surface area contributed by atoms with Gasteiger partial charge in [-0.2, -0.15) is 5.26 Å². The lowest BCUT2D eigenvalue weighted by Crippen LogP contribution is -2.06. The van der Waals surface area contributed by atoms with E-state index < -0.39 is 0 Å². The number of rotatable bonds is 3. The summed E-state index contributed by atoms with van der Waals surface area (Å²) in [7, 11) is 0. The summed E-state index contributed by atoms with van der Waals surface area (Å²) >= 11 is 11.9. The molecule has 0 saturated heterocycles. The fourth-order valence-corrected chi connectivity index (χ4v) is 2.41. The van der Waals surface area contributed by atoms with Gasteiger partial charge in [-0.05, 0) is 30.5 Å². The molecule has 1 fully saturated rings. The SMILES string of the molecule is N#Cc1nnn(Cc2ccc(Cl)c(Cl)c2)c1C1CC1. The third kappa shape index (κ3) is 2.44. The molecule has 0 N–H and O–H groups in total. The Kier molecular flexibility index (Phi) is 3.17. The first-order valence-corrected chi connectivity index (χ1v) is 6.72. The van der Waals surface area contributed by atoms with Gasteiger partial charge in [-0.1, -0.05) is 34.5 Å². The lowest BCUT2D eigenvalue weighted by molar-refractivity contribution is 0.619. The quantitative estimate of drug-likeness (QED) is 0.871. The van der Waals surface area contributed by atoms with Crippen LogP contribution in [-0.2, 0) is 6.54 Å². The van der Waals surface area contributed by atoms with E-state index in [0.29, 0.717) is 28.2 Å². The number of benzene rings is 1. The monoisotopic (exact) mass is 292 g/mol. The Morgan fingerprint density at radius 3 is 2.74 bits per heavy atom. The summed E-state index contributed by atoms with van der Waals surface area (Å²) in [4.78, 5) is 0. The first-order valence-electron chi connectivity index (χ1n) is 5.96. The summed E-state index contributed by atoms with van der Waals surface area (Å²) in [6.07, 6.45) is 2.20. The Balaban J connectivity index is 1.93. The molecule has 1 aliphatic carbocycles. The van der Waals surface area contributed by atoms with Gasteiger partial charge in [0, 0.05) is 5.92 Å². The van der Waals surface area contributed by atoms with Crippen LogP contribution in [0.4, 0.5) is 0 Å².